The summed E-state index contributed by atoms with van der Waals surface area (Å²) in [6.07, 6.45) is -0.0560. The van der Waals surface area contributed by atoms with Crippen molar-refractivity contribution in [2.45, 2.75) is 43.9 Å². The summed E-state index contributed by atoms with van der Waals surface area (Å²) in [4.78, 5) is 0.107. The van der Waals surface area contributed by atoms with Gasteiger partial charge in [-0.3, -0.25) is 4.68 Å². The van der Waals surface area contributed by atoms with Crippen LogP contribution in [0.1, 0.15) is 41.4 Å². The molecule has 0 aromatic carbocycles. The number of hydrogen-bond donors (Lipinski definition) is 1. The topological polar surface area (TPSA) is 29.9 Å². The van der Waals surface area contributed by atoms with E-state index in [1.807, 2.05) is 7.05 Å². The van der Waals surface area contributed by atoms with E-state index in [1.165, 1.54) is 12.5 Å². The molecule has 0 saturated carbocycles. The maximum absolute atomic E-state index is 12.8. The van der Waals surface area contributed by atoms with Crippen LogP contribution in [0.25, 0.3) is 10.6 Å². The molecule has 1 fully saturated rings. The number of alkyl halides is 3. The number of fused-ring (bicyclic) bond motifs is 4. The third kappa shape index (κ3) is 2.18. The minimum atomic E-state index is -4.28. The zero-order chi connectivity index (χ0) is 15.5. The molecule has 2 aromatic heterocycles. The van der Waals surface area contributed by atoms with Crippen molar-refractivity contribution in [3.8, 4) is 10.6 Å². The van der Waals surface area contributed by atoms with Crippen molar-refractivity contribution in [2.75, 3.05) is 0 Å². The average Bonchev–Trinajstić information content (AvgIpc) is 3.03. The van der Waals surface area contributed by atoms with Gasteiger partial charge in [0.2, 0.25) is 0 Å². The van der Waals surface area contributed by atoms with Gasteiger partial charge in [-0.25, -0.2) is 0 Å². The van der Waals surface area contributed by atoms with Gasteiger partial charge in [-0.05, 0) is 37.8 Å². The molecule has 7 heteroatoms. The number of halogens is 3. The molecule has 0 spiro atoms. The largest absolute Gasteiger partial charge is 0.425 e. The Morgan fingerprint density at radius 1 is 1.32 bits per heavy atom. The normalized spacial score (nSPS) is 24.4. The summed E-state index contributed by atoms with van der Waals surface area (Å²) in [7, 11) is 1.82. The molecule has 3 nitrogen and oxygen atoms in total. The van der Waals surface area contributed by atoms with E-state index in [1.54, 1.807) is 10.7 Å². The van der Waals surface area contributed by atoms with Crippen LogP contribution in [-0.2, 0) is 19.6 Å². The Bertz CT molecular complexity index is 716. The lowest BCUT2D eigenvalue weighted by atomic mass is 9.85. The molecule has 118 valence electrons. The van der Waals surface area contributed by atoms with Crippen molar-refractivity contribution in [3.05, 3.63) is 28.3 Å². The monoisotopic (exact) mass is 327 g/mol. The summed E-state index contributed by atoms with van der Waals surface area (Å²) in [6.45, 7) is 0. The molecule has 0 amide bonds. The zero-order valence-electron chi connectivity index (χ0n) is 12.1. The summed E-state index contributed by atoms with van der Waals surface area (Å²) in [6, 6.07) is 3.42. The number of aryl methyl sites for hydroxylation is 1. The minimum Gasteiger partial charge on any atom is -0.305 e. The molecule has 2 aliphatic rings. The molecular formula is C15H16F3N3S. The van der Waals surface area contributed by atoms with E-state index in [0.29, 0.717) is 10.9 Å². The highest BCUT2D eigenvalue weighted by Crippen LogP contribution is 2.43. The fourth-order valence-electron chi connectivity index (χ4n) is 3.64. The number of nitrogens with one attached hydrogen (secondary N) is 1. The van der Waals surface area contributed by atoms with Crippen molar-refractivity contribution in [1.29, 1.82) is 0 Å². The number of thiophene rings is 1. The van der Waals surface area contributed by atoms with E-state index in [0.717, 1.165) is 47.6 Å². The van der Waals surface area contributed by atoms with Gasteiger partial charge in [0, 0.05) is 18.7 Å². The van der Waals surface area contributed by atoms with E-state index in [-0.39, 0.29) is 6.04 Å². The molecular weight excluding hydrogens is 311 g/mol. The Morgan fingerprint density at radius 2 is 2.14 bits per heavy atom. The molecule has 2 atom stereocenters. The molecule has 2 aromatic rings. The third-order valence-electron chi connectivity index (χ3n) is 4.56. The van der Waals surface area contributed by atoms with Gasteiger partial charge in [-0.15, -0.1) is 11.3 Å². The maximum atomic E-state index is 12.8. The Morgan fingerprint density at radius 3 is 2.86 bits per heavy atom. The van der Waals surface area contributed by atoms with E-state index in [4.69, 9.17) is 0 Å². The molecule has 0 radical (unpaired) electrons. The van der Waals surface area contributed by atoms with Gasteiger partial charge in [0.1, 0.15) is 4.88 Å². The van der Waals surface area contributed by atoms with Gasteiger partial charge < -0.3 is 5.32 Å². The van der Waals surface area contributed by atoms with Crippen molar-refractivity contribution in [1.82, 2.24) is 15.1 Å². The first-order chi connectivity index (χ1) is 10.4. The molecule has 0 aliphatic carbocycles. The quantitative estimate of drug-likeness (QED) is 0.861. The smallest absolute Gasteiger partial charge is 0.305 e. The Balaban J connectivity index is 1.80. The second-order valence-electron chi connectivity index (χ2n) is 6.05. The van der Waals surface area contributed by atoms with Crippen LogP contribution in [0.2, 0.25) is 0 Å². The van der Waals surface area contributed by atoms with Crippen LogP contribution in [0.5, 0.6) is 0 Å². The van der Waals surface area contributed by atoms with Crippen LogP contribution in [0.4, 0.5) is 13.2 Å². The lowest BCUT2D eigenvalue weighted by molar-refractivity contribution is -0.134. The maximum Gasteiger partial charge on any atom is 0.425 e. The summed E-state index contributed by atoms with van der Waals surface area (Å²) < 4.78 is 40.3. The lowest BCUT2D eigenvalue weighted by Gasteiger charge is -2.35. The first kappa shape index (κ1) is 14.3. The standard InChI is InChI=1S/C15H16F3N3S/c1-21-14(11-5-6-12(22-11)15(16,17)18)9-7-8-3-2-4-10(19-8)13(9)20-21/h5-6,8,10,19H,2-4,7H2,1H3. The molecule has 1 N–H and O–H groups in total. The Kier molecular flexibility index (Phi) is 3.13. The average molecular weight is 327 g/mol. The summed E-state index contributed by atoms with van der Waals surface area (Å²) in [5.74, 6) is 0. The van der Waals surface area contributed by atoms with Crippen molar-refractivity contribution in [3.63, 3.8) is 0 Å². The van der Waals surface area contributed by atoms with Gasteiger partial charge in [-0.2, -0.15) is 18.3 Å². The highest BCUT2D eigenvalue weighted by Gasteiger charge is 2.36. The first-order valence-corrected chi connectivity index (χ1v) is 8.24. The van der Waals surface area contributed by atoms with E-state index < -0.39 is 11.1 Å². The second-order valence-corrected chi connectivity index (χ2v) is 7.13. The van der Waals surface area contributed by atoms with Crippen LogP contribution in [0.15, 0.2) is 12.1 Å². The number of hydrogen-bond acceptors (Lipinski definition) is 3. The van der Waals surface area contributed by atoms with Gasteiger partial charge in [0.05, 0.1) is 22.3 Å². The Labute approximate surface area is 130 Å². The van der Waals surface area contributed by atoms with Crippen molar-refractivity contribution >= 4 is 11.3 Å². The number of aromatic nitrogens is 2. The van der Waals surface area contributed by atoms with E-state index >= 15 is 0 Å². The van der Waals surface area contributed by atoms with Crippen LogP contribution in [-0.4, -0.2) is 15.8 Å². The highest BCUT2D eigenvalue weighted by molar-refractivity contribution is 7.15. The van der Waals surface area contributed by atoms with E-state index in [9.17, 15) is 13.2 Å². The highest BCUT2D eigenvalue weighted by atomic mass is 32.1. The van der Waals surface area contributed by atoms with Gasteiger partial charge in [-0.1, -0.05) is 0 Å². The zero-order valence-corrected chi connectivity index (χ0v) is 12.9. The molecule has 1 saturated heterocycles. The minimum absolute atomic E-state index is 0.254. The first-order valence-electron chi connectivity index (χ1n) is 7.42. The molecule has 22 heavy (non-hydrogen) atoms. The SMILES string of the molecule is Cn1nc2c(c1-c1ccc(C(F)(F)F)s1)CC1CCCC2N1. The number of rotatable bonds is 1. The predicted molar refractivity (Wildman–Crippen MR) is 78.7 cm³/mol. The molecule has 2 bridgehead atoms. The van der Waals surface area contributed by atoms with Gasteiger partial charge >= 0.3 is 6.18 Å². The van der Waals surface area contributed by atoms with Crippen LogP contribution in [0.3, 0.4) is 0 Å². The van der Waals surface area contributed by atoms with Gasteiger partial charge in [0.25, 0.3) is 0 Å². The fraction of sp³-hybridized carbons (Fsp3) is 0.533. The molecule has 4 heterocycles. The Hall–Kier alpha value is -1.34. The predicted octanol–water partition coefficient (Wildman–Crippen LogP) is 3.91. The van der Waals surface area contributed by atoms with Crippen LogP contribution < -0.4 is 5.32 Å². The van der Waals surface area contributed by atoms with Crippen molar-refractivity contribution in [2.24, 2.45) is 7.05 Å². The number of nitrogens with zero attached hydrogens (tertiary/aromatic N) is 2. The van der Waals surface area contributed by atoms with Gasteiger partial charge in [0.15, 0.2) is 0 Å². The van der Waals surface area contributed by atoms with Crippen LogP contribution in [0, 0.1) is 0 Å². The third-order valence-corrected chi connectivity index (χ3v) is 5.69. The molecule has 2 aliphatic heterocycles. The second kappa shape index (κ2) is 4.83. The summed E-state index contributed by atoms with van der Waals surface area (Å²) >= 11 is 0.806. The number of piperidine rings is 1. The lowest BCUT2D eigenvalue weighted by Crippen LogP contribution is -2.42. The molecule has 2 unspecified atom stereocenters. The van der Waals surface area contributed by atoms with Crippen LogP contribution >= 0.6 is 11.3 Å². The van der Waals surface area contributed by atoms with E-state index in [2.05, 4.69) is 10.4 Å². The summed E-state index contributed by atoms with van der Waals surface area (Å²) in [5.41, 5.74) is 3.01. The fourth-order valence-corrected chi connectivity index (χ4v) is 4.61. The summed E-state index contributed by atoms with van der Waals surface area (Å²) in [5, 5.41) is 8.18. The molecule has 4 rings (SSSR count). The van der Waals surface area contributed by atoms with Crippen molar-refractivity contribution < 1.29 is 13.2 Å².